The highest BCUT2D eigenvalue weighted by molar-refractivity contribution is 4.99. The minimum Gasteiger partial charge on any atom is -0.347 e. The predicted molar refractivity (Wildman–Crippen MR) is 61.9 cm³/mol. The van der Waals surface area contributed by atoms with E-state index in [1.54, 1.807) is 6.33 Å². The fourth-order valence-electron chi connectivity index (χ4n) is 1.56. The zero-order chi connectivity index (χ0) is 11.2. The number of aryl methyl sites for hydroxylation is 2. The van der Waals surface area contributed by atoms with Gasteiger partial charge in [0.15, 0.2) is 0 Å². The topological polar surface area (TPSA) is 58.5 Å². The zero-order valence-electron chi connectivity index (χ0n) is 9.48. The molecular formula is C11H17N5. The second kappa shape index (κ2) is 5.46. The number of rotatable bonds is 6. The number of hydrogen-bond acceptors (Lipinski definition) is 3. The first-order valence-corrected chi connectivity index (χ1v) is 5.51. The van der Waals surface area contributed by atoms with Crippen molar-refractivity contribution in [1.82, 2.24) is 25.1 Å². The van der Waals surface area contributed by atoms with Crippen molar-refractivity contribution in [1.29, 1.82) is 0 Å². The second-order valence-corrected chi connectivity index (χ2v) is 3.89. The van der Waals surface area contributed by atoms with Crippen molar-refractivity contribution in [2.75, 3.05) is 6.54 Å². The minimum atomic E-state index is 0.845. The Bertz CT molecular complexity index is 404. The van der Waals surface area contributed by atoms with E-state index in [-0.39, 0.29) is 0 Å². The smallest absolute Gasteiger partial charge is 0.0922 e. The third-order valence-electron chi connectivity index (χ3n) is 2.37. The molecule has 2 rings (SSSR count). The highest BCUT2D eigenvalue weighted by atomic mass is 15.3. The summed E-state index contributed by atoms with van der Waals surface area (Å²) in [5.74, 6) is 0. The summed E-state index contributed by atoms with van der Waals surface area (Å²) in [5, 5.41) is 7.59. The van der Waals surface area contributed by atoms with Crippen molar-refractivity contribution in [3.05, 3.63) is 36.2 Å². The third kappa shape index (κ3) is 3.20. The molecule has 0 unspecified atom stereocenters. The summed E-state index contributed by atoms with van der Waals surface area (Å²) in [6.07, 6.45) is 8.57. The SMILES string of the molecule is Cc1cnn(CCCNCc2cnc[nH]2)c1. The zero-order valence-corrected chi connectivity index (χ0v) is 9.48. The summed E-state index contributed by atoms with van der Waals surface area (Å²) in [6, 6.07) is 0. The fraction of sp³-hybridized carbons (Fsp3) is 0.455. The predicted octanol–water partition coefficient (Wildman–Crippen LogP) is 1.09. The molecule has 0 atom stereocenters. The van der Waals surface area contributed by atoms with Gasteiger partial charge in [-0.05, 0) is 25.5 Å². The Morgan fingerprint density at radius 1 is 1.44 bits per heavy atom. The molecule has 0 spiro atoms. The van der Waals surface area contributed by atoms with Gasteiger partial charge in [0.25, 0.3) is 0 Å². The van der Waals surface area contributed by atoms with Crippen LogP contribution in [0.1, 0.15) is 17.7 Å². The molecule has 0 fully saturated rings. The Kier molecular flexibility index (Phi) is 3.71. The molecule has 0 aliphatic heterocycles. The lowest BCUT2D eigenvalue weighted by Gasteiger charge is -2.03. The van der Waals surface area contributed by atoms with Crippen molar-refractivity contribution in [2.24, 2.45) is 0 Å². The van der Waals surface area contributed by atoms with Crippen molar-refractivity contribution < 1.29 is 0 Å². The first kappa shape index (κ1) is 10.9. The number of aromatic nitrogens is 4. The first-order valence-electron chi connectivity index (χ1n) is 5.51. The van der Waals surface area contributed by atoms with E-state index >= 15 is 0 Å². The van der Waals surface area contributed by atoms with Crippen LogP contribution in [0.2, 0.25) is 0 Å². The summed E-state index contributed by atoms with van der Waals surface area (Å²) in [5.41, 5.74) is 2.33. The highest BCUT2D eigenvalue weighted by Crippen LogP contribution is 1.95. The summed E-state index contributed by atoms with van der Waals surface area (Å²) in [7, 11) is 0. The number of hydrogen-bond donors (Lipinski definition) is 2. The number of nitrogens with one attached hydrogen (secondary N) is 2. The third-order valence-corrected chi connectivity index (χ3v) is 2.37. The van der Waals surface area contributed by atoms with Gasteiger partial charge < -0.3 is 10.3 Å². The minimum absolute atomic E-state index is 0.845. The van der Waals surface area contributed by atoms with Crippen LogP contribution in [0.4, 0.5) is 0 Å². The van der Waals surface area contributed by atoms with E-state index in [0.29, 0.717) is 0 Å². The maximum absolute atomic E-state index is 4.24. The molecule has 0 saturated carbocycles. The molecule has 0 aliphatic carbocycles. The van der Waals surface area contributed by atoms with Crippen LogP contribution in [0.5, 0.6) is 0 Å². The van der Waals surface area contributed by atoms with Crippen LogP contribution in [0, 0.1) is 6.92 Å². The Morgan fingerprint density at radius 2 is 2.38 bits per heavy atom. The van der Waals surface area contributed by atoms with Crippen molar-refractivity contribution in [3.8, 4) is 0 Å². The van der Waals surface area contributed by atoms with Crippen molar-refractivity contribution in [3.63, 3.8) is 0 Å². The van der Waals surface area contributed by atoms with Crippen LogP contribution in [0.3, 0.4) is 0 Å². The average molecular weight is 219 g/mol. The molecule has 2 aromatic rings. The molecule has 2 heterocycles. The summed E-state index contributed by atoms with van der Waals surface area (Å²) >= 11 is 0. The van der Waals surface area contributed by atoms with Gasteiger partial charge in [-0.1, -0.05) is 0 Å². The van der Waals surface area contributed by atoms with E-state index in [1.165, 1.54) is 5.56 Å². The standard InChI is InChI=1S/C11H17N5/c1-10-5-15-16(8-10)4-2-3-12-6-11-7-13-9-14-11/h5,7-9,12H,2-4,6H2,1H3,(H,13,14). The Hall–Kier alpha value is -1.62. The van der Waals surface area contributed by atoms with Crippen LogP contribution in [0.25, 0.3) is 0 Å². The van der Waals surface area contributed by atoms with Gasteiger partial charge in [0.2, 0.25) is 0 Å². The molecule has 5 nitrogen and oxygen atoms in total. The van der Waals surface area contributed by atoms with Gasteiger partial charge in [-0.2, -0.15) is 5.10 Å². The monoisotopic (exact) mass is 219 g/mol. The van der Waals surface area contributed by atoms with Crippen LogP contribution < -0.4 is 5.32 Å². The molecule has 0 saturated heterocycles. The van der Waals surface area contributed by atoms with E-state index in [2.05, 4.69) is 33.5 Å². The molecule has 86 valence electrons. The Labute approximate surface area is 94.9 Å². The highest BCUT2D eigenvalue weighted by Gasteiger charge is 1.95. The Morgan fingerprint density at radius 3 is 3.06 bits per heavy atom. The summed E-state index contributed by atoms with van der Waals surface area (Å²) in [4.78, 5) is 7.02. The van der Waals surface area contributed by atoms with Gasteiger partial charge in [0.05, 0.1) is 12.5 Å². The van der Waals surface area contributed by atoms with Crippen LogP contribution in [-0.2, 0) is 13.1 Å². The van der Waals surface area contributed by atoms with E-state index in [4.69, 9.17) is 0 Å². The molecule has 0 aliphatic rings. The molecule has 0 amide bonds. The van der Waals surface area contributed by atoms with Gasteiger partial charge in [-0.25, -0.2) is 4.98 Å². The maximum atomic E-state index is 4.24. The number of H-pyrrole nitrogens is 1. The van der Waals surface area contributed by atoms with Gasteiger partial charge in [-0.15, -0.1) is 0 Å². The van der Waals surface area contributed by atoms with Gasteiger partial charge in [0.1, 0.15) is 0 Å². The van der Waals surface area contributed by atoms with Crippen LogP contribution >= 0.6 is 0 Å². The Balaban J connectivity index is 1.59. The van der Waals surface area contributed by atoms with Crippen molar-refractivity contribution in [2.45, 2.75) is 26.4 Å². The van der Waals surface area contributed by atoms with Crippen LogP contribution in [0.15, 0.2) is 24.9 Å². The normalized spacial score (nSPS) is 10.8. The van der Waals surface area contributed by atoms with Crippen LogP contribution in [-0.4, -0.2) is 26.3 Å². The van der Waals surface area contributed by atoms with Gasteiger partial charge in [-0.3, -0.25) is 4.68 Å². The van der Waals surface area contributed by atoms with E-state index in [0.717, 1.165) is 31.7 Å². The second-order valence-electron chi connectivity index (χ2n) is 3.89. The molecule has 0 aromatic carbocycles. The molecule has 2 N–H and O–H groups in total. The van der Waals surface area contributed by atoms with E-state index in [9.17, 15) is 0 Å². The van der Waals surface area contributed by atoms with E-state index < -0.39 is 0 Å². The van der Waals surface area contributed by atoms with E-state index in [1.807, 2.05) is 17.1 Å². The summed E-state index contributed by atoms with van der Waals surface area (Å²) in [6.45, 7) is 4.85. The first-order chi connectivity index (χ1) is 7.84. The lowest BCUT2D eigenvalue weighted by atomic mass is 10.4. The fourth-order valence-corrected chi connectivity index (χ4v) is 1.56. The quantitative estimate of drug-likeness (QED) is 0.715. The number of imidazole rings is 1. The molecule has 5 heteroatoms. The number of nitrogens with zero attached hydrogens (tertiary/aromatic N) is 3. The van der Waals surface area contributed by atoms with Crippen molar-refractivity contribution >= 4 is 0 Å². The molecule has 0 bridgehead atoms. The summed E-state index contributed by atoms with van der Waals surface area (Å²) < 4.78 is 1.98. The number of aromatic amines is 1. The maximum Gasteiger partial charge on any atom is 0.0922 e. The molecule has 16 heavy (non-hydrogen) atoms. The molecule has 0 radical (unpaired) electrons. The lowest BCUT2D eigenvalue weighted by molar-refractivity contribution is 0.541. The van der Waals surface area contributed by atoms with Gasteiger partial charge in [0, 0.05) is 31.2 Å². The largest absolute Gasteiger partial charge is 0.347 e. The average Bonchev–Trinajstić information content (AvgIpc) is 2.89. The molecular weight excluding hydrogens is 202 g/mol. The lowest BCUT2D eigenvalue weighted by Crippen LogP contribution is -2.16. The van der Waals surface area contributed by atoms with Gasteiger partial charge >= 0.3 is 0 Å². The molecule has 2 aromatic heterocycles.